The van der Waals surface area contributed by atoms with Crippen molar-refractivity contribution >= 4 is 17.6 Å². The van der Waals surface area contributed by atoms with Crippen LogP contribution in [-0.4, -0.2) is 27.6 Å². The number of aromatic nitrogens is 3. The van der Waals surface area contributed by atoms with Gasteiger partial charge < -0.3 is 15.2 Å². The average molecular weight is 371 g/mol. The van der Waals surface area contributed by atoms with E-state index < -0.39 is 0 Å². The molecule has 0 aliphatic heterocycles. The molecule has 0 bridgehead atoms. The average Bonchev–Trinajstić information content (AvgIpc) is 3.14. The molecule has 1 aromatic carbocycles. The molecule has 0 radical (unpaired) electrons. The van der Waals surface area contributed by atoms with Crippen molar-refractivity contribution in [1.82, 2.24) is 25.8 Å². The third kappa shape index (κ3) is 5.03. The Bertz CT molecular complexity index is 848. The van der Waals surface area contributed by atoms with E-state index >= 15 is 0 Å². The Hall–Kier alpha value is -2.93. The summed E-state index contributed by atoms with van der Waals surface area (Å²) in [6.07, 6.45) is 1.75. The van der Waals surface area contributed by atoms with E-state index in [0.29, 0.717) is 35.8 Å². The zero-order valence-corrected chi connectivity index (χ0v) is 15.1. The van der Waals surface area contributed by atoms with Crippen molar-refractivity contribution in [3.8, 4) is 11.4 Å². The number of nitrogens with one attached hydrogen (secondary N) is 2. The monoisotopic (exact) mass is 370 g/mol. The Morgan fingerprint density at radius 1 is 1.15 bits per heavy atom. The van der Waals surface area contributed by atoms with Crippen LogP contribution in [0.3, 0.4) is 0 Å². The van der Waals surface area contributed by atoms with Crippen LogP contribution in [0.25, 0.3) is 11.4 Å². The summed E-state index contributed by atoms with van der Waals surface area (Å²) < 4.78 is 5.29. The van der Waals surface area contributed by atoms with Gasteiger partial charge in [-0.05, 0) is 43.3 Å². The van der Waals surface area contributed by atoms with Crippen molar-refractivity contribution in [2.75, 3.05) is 6.54 Å². The van der Waals surface area contributed by atoms with Gasteiger partial charge in [-0.15, -0.1) is 0 Å². The lowest BCUT2D eigenvalue weighted by Gasteiger charge is -2.09. The van der Waals surface area contributed by atoms with Crippen LogP contribution in [-0.2, 0) is 13.1 Å². The van der Waals surface area contributed by atoms with Crippen LogP contribution >= 0.6 is 11.6 Å². The zero-order valence-electron chi connectivity index (χ0n) is 14.3. The Morgan fingerprint density at radius 3 is 2.73 bits per heavy atom. The highest BCUT2D eigenvalue weighted by Gasteiger charge is 2.09. The molecule has 0 atom stereocenters. The molecule has 3 aromatic rings. The maximum atomic E-state index is 5.89. The molecule has 2 heterocycles. The van der Waals surface area contributed by atoms with E-state index in [1.165, 1.54) is 0 Å². The van der Waals surface area contributed by atoms with E-state index in [0.717, 1.165) is 17.8 Å². The highest BCUT2D eigenvalue weighted by molar-refractivity contribution is 6.30. The number of aliphatic imine (C=N–C) groups is 1. The van der Waals surface area contributed by atoms with Gasteiger partial charge in [0.15, 0.2) is 5.96 Å². The van der Waals surface area contributed by atoms with Gasteiger partial charge in [0.25, 0.3) is 0 Å². The summed E-state index contributed by atoms with van der Waals surface area (Å²) in [5.41, 5.74) is 1.74. The quantitative estimate of drug-likeness (QED) is 0.512. The van der Waals surface area contributed by atoms with Gasteiger partial charge in [0, 0.05) is 23.3 Å². The Labute approximate surface area is 156 Å². The first-order valence-corrected chi connectivity index (χ1v) is 8.63. The second kappa shape index (κ2) is 8.96. The zero-order chi connectivity index (χ0) is 18.2. The standard InChI is InChI=1S/C18H19ClN6O/c1-2-20-18(22-11-15-5-3-4-10-21-15)23-12-16-24-17(25-26-16)13-6-8-14(19)9-7-13/h3-10H,2,11-12H2,1H3,(H2,20,22,23). The summed E-state index contributed by atoms with van der Waals surface area (Å²) >= 11 is 5.89. The number of halogens is 1. The lowest BCUT2D eigenvalue weighted by Crippen LogP contribution is -2.36. The Kier molecular flexibility index (Phi) is 6.16. The second-order valence-electron chi connectivity index (χ2n) is 5.39. The fourth-order valence-corrected chi connectivity index (χ4v) is 2.32. The molecule has 134 valence electrons. The van der Waals surface area contributed by atoms with Crippen LogP contribution in [0.1, 0.15) is 18.5 Å². The van der Waals surface area contributed by atoms with Gasteiger partial charge in [-0.2, -0.15) is 4.98 Å². The number of nitrogens with zero attached hydrogens (tertiary/aromatic N) is 4. The fourth-order valence-electron chi connectivity index (χ4n) is 2.20. The van der Waals surface area contributed by atoms with Crippen LogP contribution in [0.2, 0.25) is 5.02 Å². The van der Waals surface area contributed by atoms with Crippen LogP contribution < -0.4 is 10.6 Å². The molecule has 0 spiro atoms. The molecule has 2 aromatic heterocycles. The molecule has 0 aliphatic rings. The van der Waals surface area contributed by atoms with Gasteiger partial charge in [0.1, 0.15) is 0 Å². The van der Waals surface area contributed by atoms with E-state index in [2.05, 4.69) is 30.8 Å². The van der Waals surface area contributed by atoms with E-state index in [9.17, 15) is 0 Å². The molecule has 0 saturated carbocycles. The SMILES string of the molecule is CCNC(=NCc1ccccn1)NCc1nc(-c2ccc(Cl)cc2)no1. The van der Waals surface area contributed by atoms with Crippen LogP contribution in [0, 0.1) is 0 Å². The van der Waals surface area contributed by atoms with Gasteiger partial charge in [0.05, 0.1) is 18.8 Å². The van der Waals surface area contributed by atoms with E-state index in [4.69, 9.17) is 16.1 Å². The molecule has 7 nitrogen and oxygen atoms in total. The van der Waals surface area contributed by atoms with Crippen molar-refractivity contribution in [3.63, 3.8) is 0 Å². The Balaban J connectivity index is 1.61. The van der Waals surface area contributed by atoms with Crippen molar-refractivity contribution < 1.29 is 4.52 Å². The number of benzene rings is 1. The molecular weight excluding hydrogens is 352 g/mol. The molecule has 0 unspecified atom stereocenters. The summed E-state index contributed by atoms with van der Waals surface area (Å²) in [7, 11) is 0. The number of guanidine groups is 1. The lowest BCUT2D eigenvalue weighted by molar-refractivity contribution is 0.375. The molecular formula is C18H19ClN6O. The van der Waals surface area contributed by atoms with Crippen molar-refractivity contribution in [1.29, 1.82) is 0 Å². The third-order valence-corrected chi connectivity index (χ3v) is 3.70. The highest BCUT2D eigenvalue weighted by atomic mass is 35.5. The molecule has 8 heteroatoms. The largest absolute Gasteiger partial charge is 0.357 e. The number of hydrogen-bond donors (Lipinski definition) is 2. The number of pyridine rings is 1. The summed E-state index contributed by atoms with van der Waals surface area (Å²) in [5, 5.41) is 11.0. The second-order valence-corrected chi connectivity index (χ2v) is 5.82. The molecule has 2 N–H and O–H groups in total. The highest BCUT2D eigenvalue weighted by Crippen LogP contribution is 2.18. The molecule has 0 amide bonds. The van der Waals surface area contributed by atoms with Crippen molar-refractivity contribution in [3.05, 3.63) is 65.3 Å². The Morgan fingerprint density at radius 2 is 2.00 bits per heavy atom. The number of hydrogen-bond acceptors (Lipinski definition) is 5. The topological polar surface area (TPSA) is 88.2 Å². The van der Waals surface area contributed by atoms with Gasteiger partial charge in [-0.25, -0.2) is 4.99 Å². The fraction of sp³-hybridized carbons (Fsp3) is 0.222. The number of rotatable bonds is 6. The van der Waals surface area contributed by atoms with Crippen LogP contribution in [0.4, 0.5) is 0 Å². The lowest BCUT2D eigenvalue weighted by atomic mass is 10.2. The van der Waals surface area contributed by atoms with Crippen molar-refractivity contribution in [2.24, 2.45) is 4.99 Å². The van der Waals surface area contributed by atoms with E-state index in [-0.39, 0.29) is 0 Å². The van der Waals surface area contributed by atoms with Crippen LogP contribution in [0.15, 0.2) is 58.2 Å². The molecule has 26 heavy (non-hydrogen) atoms. The van der Waals surface area contributed by atoms with Gasteiger partial charge >= 0.3 is 0 Å². The van der Waals surface area contributed by atoms with E-state index in [1.807, 2.05) is 37.3 Å². The van der Waals surface area contributed by atoms with Crippen LogP contribution in [0.5, 0.6) is 0 Å². The van der Waals surface area contributed by atoms with E-state index in [1.54, 1.807) is 18.3 Å². The molecule has 0 saturated heterocycles. The maximum Gasteiger partial charge on any atom is 0.246 e. The minimum atomic E-state index is 0.370. The minimum Gasteiger partial charge on any atom is -0.357 e. The maximum absolute atomic E-state index is 5.89. The van der Waals surface area contributed by atoms with Gasteiger partial charge in [0.2, 0.25) is 11.7 Å². The molecule has 3 rings (SSSR count). The predicted molar refractivity (Wildman–Crippen MR) is 101 cm³/mol. The third-order valence-electron chi connectivity index (χ3n) is 3.45. The van der Waals surface area contributed by atoms with Gasteiger partial charge in [-0.1, -0.05) is 22.8 Å². The first-order chi connectivity index (χ1) is 12.7. The minimum absolute atomic E-state index is 0.370. The first-order valence-electron chi connectivity index (χ1n) is 8.25. The smallest absolute Gasteiger partial charge is 0.246 e. The summed E-state index contributed by atoms with van der Waals surface area (Å²) in [4.78, 5) is 13.1. The summed E-state index contributed by atoms with van der Waals surface area (Å²) in [6, 6.07) is 13.0. The summed E-state index contributed by atoms with van der Waals surface area (Å²) in [6.45, 7) is 3.60. The molecule has 0 aliphatic carbocycles. The van der Waals surface area contributed by atoms with Crippen molar-refractivity contribution in [2.45, 2.75) is 20.0 Å². The first kappa shape index (κ1) is 17.9. The molecule has 0 fully saturated rings. The normalized spacial score (nSPS) is 11.4. The van der Waals surface area contributed by atoms with Gasteiger partial charge in [-0.3, -0.25) is 4.98 Å². The predicted octanol–water partition coefficient (Wildman–Crippen LogP) is 3.04. The summed E-state index contributed by atoms with van der Waals surface area (Å²) in [5.74, 6) is 1.65.